The van der Waals surface area contributed by atoms with E-state index in [0.717, 1.165) is 4.47 Å². The van der Waals surface area contributed by atoms with Crippen molar-refractivity contribution < 1.29 is 0 Å². The SMILES string of the molecule is CC(C)(C)Cn1c(=O)[nH]c(Cl)c(-c2ccc(Br)cc2)c1=O. The highest BCUT2D eigenvalue weighted by Gasteiger charge is 2.19. The number of H-pyrrole nitrogens is 1. The lowest BCUT2D eigenvalue weighted by Crippen LogP contribution is -2.39. The second-order valence-electron chi connectivity index (χ2n) is 6.08. The van der Waals surface area contributed by atoms with Gasteiger partial charge in [-0.15, -0.1) is 0 Å². The summed E-state index contributed by atoms with van der Waals surface area (Å²) in [5, 5.41) is 0.0671. The zero-order chi connectivity index (χ0) is 15.8. The molecular weight excluding hydrogens is 356 g/mol. The van der Waals surface area contributed by atoms with Gasteiger partial charge in [-0.3, -0.25) is 14.3 Å². The molecule has 0 radical (unpaired) electrons. The molecule has 0 saturated carbocycles. The molecule has 1 heterocycles. The maximum atomic E-state index is 12.6. The van der Waals surface area contributed by atoms with Crippen molar-refractivity contribution in [2.45, 2.75) is 27.3 Å². The van der Waals surface area contributed by atoms with Gasteiger partial charge in [0, 0.05) is 11.0 Å². The molecule has 1 aromatic carbocycles. The van der Waals surface area contributed by atoms with Crippen molar-refractivity contribution in [1.82, 2.24) is 9.55 Å². The van der Waals surface area contributed by atoms with Crippen molar-refractivity contribution in [3.8, 4) is 11.1 Å². The first-order valence-corrected chi connectivity index (χ1v) is 7.65. The minimum absolute atomic E-state index is 0.0671. The average molecular weight is 372 g/mol. The van der Waals surface area contributed by atoms with Gasteiger partial charge in [0.05, 0.1) is 5.56 Å². The van der Waals surface area contributed by atoms with Crippen LogP contribution in [-0.2, 0) is 6.54 Å². The summed E-state index contributed by atoms with van der Waals surface area (Å²) in [6, 6.07) is 7.22. The van der Waals surface area contributed by atoms with Crippen molar-refractivity contribution in [2.24, 2.45) is 5.41 Å². The maximum Gasteiger partial charge on any atom is 0.329 e. The molecule has 0 aliphatic heterocycles. The van der Waals surface area contributed by atoms with Crippen molar-refractivity contribution in [1.29, 1.82) is 0 Å². The largest absolute Gasteiger partial charge is 0.329 e. The highest BCUT2D eigenvalue weighted by molar-refractivity contribution is 9.10. The lowest BCUT2D eigenvalue weighted by molar-refractivity contribution is 0.331. The lowest BCUT2D eigenvalue weighted by Gasteiger charge is -2.19. The van der Waals surface area contributed by atoms with Crippen molar-refractivity contribution in [3.05, 3.63) is 54.7 Å². The van der Waals surface area contributed by atoms with Gasteiger partial charge in [0.1, 0.15) is 5.15 Å². The zero-order valence-corrected chi connectivity index (χ0v) is 14.4. The van der Waals surface area contributed by atoms with Crippen LogP contribution in [-0.4, -0.2) is 9.55 Å². The van der Waals surface area contributed by atoms with Gasteiger partial charge in [0.2, 0.25) is 0 Å². The van der Waals surface area contributed by atoms with Crippen LogP contribution in [0.3, 0.4) is 0 Å². The van der Waals surface area contributed by atoms with E-state index in [1.54, 1.807) is 12.1 Å². The van der Waals surface area contributed by atoms with Crippen LogP contribution in [0.15, 0.2) is 38.3 Å². The van der Waals surface area contributed by atoms with E-state index in [1.807, 2.05) is 32.9 Å². The standard InChI is InChI=1S/C15H16BrClN2O2/c1-15(2,3)8-19-13(20)11(12(17)18-14(19)21)9-4-6-10(16)7-5-9/h4-7H,8H2,1-3H3,(H,18,21). The molecule has 0 aliphatic rings. The monoisotopic (exact) mass is 370 g/mol. The van der Waals surface area contributed by atoms with E-state index in [9.17, 15) is 9.59 Å². The maximum absolute atomic E-state index is 12.6. The van der Waals surface area contributed by atoms with Gasteiger partial charge in [-0.1, -0.05) is 60.4 Å². The summed E-state index contributed by atoms with van der Waals surface area (Å²) in [6.07, 6.45) is 0. The Morgan fingerprint density at radius 3 is 2.29 bits per heavy atom. The van der Waals surface area contributed by atoms with E-state index in [-0.39, 0.29) is 16.1 Å². The predicted octanol–water partition coefficient (Wildman–Crippen LogP) is 3.67. The summed E-state index contributed by atoms with van der Waals surface area (Å²) in [7, 11) is 0. The van der Waals surface area contributed by atoms with Crippen LogP contribution in [0.4, 0.5) is 0 Å². The summed E-state index contributed by atoms with van der Waals surface area (Å²) in [5.74, 6) is 0. The minimum Gasteiger partial charge on any atom is -0.297 e. The molecule has 0 aliphatic carbocycles. The van der Waals surface area contributed by atoms with Gasteiger partial charge in [0.15, 0.2) is 0 Å². The number of nitrogens with zero attached hydrogens (tertiary/aromatic N) is 1. The molecule has 6 heteroatoms. The smallest absolute Gasteiger partial charge is 0.297 e. The lowest BCUT2D eigenvalue weighted by atomic mass is 9.97. The molecule has 0 amide bonds. The van der Waals surface area contributed by atoms with Gasteiger partial charge in [-0.25, -0.2) is 4.79 Å². The number of rotatable bonds is 2. The Morgan fingerprint density at radius 1 is 1.19 bits per heavy atom. The van der Waals surface area contributed by atoms with E-state index in [2.05, 4.69) is 20.9 Å². The van der Waals surface area contributed by atoms with Crippen molar-refractivity contribution in [3.63, 3.8) is 0 Å². The Morgan fingerprint density at radius 2 is 1.76 bits per heavy atom. The van der Waals surface area contributed by atoms with Crippen LogP contribution in [0.1, 0.15) is 20.8 Å². The first-order valence-electron chi connectivity index (χ1n) is 6.47. The van der Waals surface area contributed by atoms with Crippen molar-refractivity contribution in [2.75, 3.05) is 0 Å². The van der Waals surface area contributed by atoms with Crippen LogP contribution in [0, 0.1) is 5.41 Å². The number of hydrogen-bond acceptors (Lipinski definition) is 2. The third-order valence-electron chi connectivity index (χ3n) is 2.91. The zero-order valence-electron chi connectivity index (χ0n) is 12.0. The van der Waals surface area contributed by atoms with Crippen LogP contribution in [0.25, 0.3) is 11.1 Å². The van der Waals surface area contributed by atoms with E-state index >= 15 is 0 Å². The Labute approximate surface area is 135 Å². The fourth-order valence-electron chi connectivity index (χ4n) is 2.03. The first kappa shape index (κ1) is 16.0. The van der Waals surface area contributed by atoms with Gasteiger partial charge in [0.25, 0.3) is 5.56 Å². The minimum atomic E-state index is -0.485. The van der Waals surface area contributed by atoms with Gasteiger partial charge in [-0.2, -0.15) is 0 Å². The summed E-state index contributed by atoms with van der Waals surface area (Å²) < 4.78 is 2.10. The quantitative estimate of drug-likeness (QED) is 0.819. The molecular formula is C15H16BrClN2O2. The summed E-state index contributed by atoms with van der Waals surface area (Å²) in [6.45, 7) is 6.22. The third-order valence-corrected chi connectivity index (χ3v) is 3.72. The Bertz CT molecular complexity index is 770. The molecule has 2 rings (SSSR count). The van der Waals surface area contributed by atoms with E-state index in [4.69, 9.17) is 11.6 Å². The van der Waals surface area contributed by atoms with Gasteiger partial charge < -0.3 is 0 Å². The molecule has 112 valence electrons. The van der Waals surface area contributed by atoms with Gasteiger partial charge >= 0.3 is 5.69 Å². The fourth-order valence-corrected chi connectivity index (χ4v) is 2.56. The number of nitrogens with one attached hydrogen (secondary N) is 1. The number of hydrogen-bond donors (Lipinski definition) is 1. The number of aromatic nitrogens is 2. The molecule has 0 atom stereocenters. The molecule has 0 bridgehead atoms. The number of aromatic amines is 1. The number of benzene rings is 1. The predicted molar refractivity (Wildman–Crippen MR) is 88.9 cm³/mol. The van der Waals surface area contributed by atoms with E-state index in [0.29, 0.717) is 17.7 Å². The topological polar surface area (TPSA) is 54.9 Å². The molecule has 0 saturated heterocycles. The second-order valence-corrected chi connectivity index (χ2v) is 7.37. The Hall–Kier alpha value is -1.33. The first-order chi connectivity index (χ1) is 9.69. The Balaban J connectivity index is 2.67. The highest BCUT2D eigenvalue weighted by Crippen LogP contribution is 2.24. The molecule has 0 fully saturated rings. The van der Waals surface area contributed by atoms with Crippen LogP contribution in [0.5, 0.6) is 0 Å². The van der Waals surface area contributed by atoms with Gasteiger partial charge in [-0.05, 0) is 23.1 Å². The molecule has 0 spiro atoms. The molecule has 1 N–H and O–H groups in total. The molecule has 21 heavy (non-hydrogen) atoms. The molecule has 2 aromatic rings. The van der Waals surface area contributed by atoms with E-state index in [1.165, 1.54) is 4.57 Å². The Kier molecular flexibility index (Phi) is 4.44. The van der Waals surface area contributed by atoms with Crippen molar-refractivity contribution >= 4 is 27.5 Å². The second kappa shape index (κ2) is 5.81. The summed E-state index contributed by atoms with van der Waals surface area (Å²) >= 11 is 9.42. The van der Waals surface area contributed by atoms with E-state index < -0.39 is 5.69 Å². The third kappa shape index (κ3) is 3.66. The van der Waals surface area contributed by atoms with Crippen LogP contribution >= 0.6 is 27.5 Å². The summed E-state index contributed by atoms with van der Waals surface area (Å²) in [4.78, 5) is 27.2. The van der Waals surface area contributed by atoms with Crippen LogP contribution < -0.4 is 11.2 Å². The normalized spacial score (nSPS) is 11.7. The molecule has 1 aromatic heterocycles. The summed E-state index contributed by atoms with van der Waals surface area (Å²) in [5.41, 5.74) is -0.0660. The fraction of sp³-hybridized carbons (Fsp3) is 0.333. The number of halogens is 2. The molecule has 0 unspecified atom stereocenters. The highest BCUT2D eigenvalue weighted by atomic mass is 79.9. The molecule has 4 nitrogen and oxygen atoms in total. The van der Waals surface area contributed by atoms with Crippen LogP contribution in [0.2, 0.25) is 5.15 Å². The average Bonchev–Trinajstić information content (AvgIpc) is 2.35.